The maximum absolute atomic E-state index is 12.3. The fourth-order valence-electron chi connectivity index (χ4n) is 2.40. The molecule has 2 N–H and O–H groups in total. The SMILES string of the molecule is CCC(C)c1ccccc1NC(=O)C(=O)Nc1cc(Cl)ccc1OC. The van der Waals surface area contributed by atoms with Crippen LogP contribution < -0.4 is 15.4 Å². The molecule has 0 bridgehead atoms. The predicted molar refractivity (Wildman–Crippen MR) is 100 cm³/mol. The van der Waals surface area contributed by atoms with E-state index in [-0.39, 0.29) is 5.92 Å². The van der Waals surface area contributed by atoms with Gasteiger partial charge in [0.15, 0.2) is 0 Å². The number of carbonyl (C=O) groups is 2. The molecule has 1 unspecified atom stereocenters. The summed E-state index contributed by atoms with van der Waals surface area (Å²) in [6.45, 7) is 4.14. The van der Waals surface area contributed by atoms with Crippen molar-refractivity contribution in [1.82, 2.24) is 0 Å². The fourth-order valence-corrected chi connectivity index (χ4v) is 2.57. The van der Waals surface area contributed by atoms with Gasteiger partial charge in [0.05, 0.1) is 12.8 Å². The van der Waals surface area contributed by atoms with Gasteiger partial charge in [-0.1, -0.05) is 43.6 Å². The predicted octanol–water partition coefficient (Wildman–Crippen LogP) is 4.44. The lowest BCUT2D eigenvalue weighted by Gasteiger charge is -2.16. The van der Waals surface area contributed by atoms with Crippen LogP contribution in [0.5, 0.6) is 5.75 Å². The van der Waals surface area contributed by atoms with Crippen molar-refractivity contribution in [3.05, 3.63) is 53.1 Å². The number of hydrogen-bond acceptors (Lipinski definition) is 3. The van der Waals surface area contributed by atoms with Gasteiger partial charge < -0.3 is 15.4 Å². The second kappa shape index (κ2) is 8.53. The standard InChI is InChI=1S/C19H21ClN2O3/c1-4-12(2)14-7-5-6-8-15(14)21-18(23)19(24)22-16-11-13(20)9-10-17(16)25-3/h5-12H,4H2,1-3H3,(H,21,23)(H,22,24). The number of amides is 2. The summed E-state index contributed by atoms with van der Waals surface area (Å²) in [5, 5.41) is 5.63. The van der Waals surface area contributed by atoms with E-state index in [2.05, 4.69) is 24.5 Å². The van der Waals surface area contributed by atoms with Crippen molar-refractivity contribution in [1.29, 1.82) is 0 Å². The van der Waals surface area contributed by atoms with Crippen LogP contribution >= 0.6 is 11.6 Å². The molecule has 0 aliphatic rings. The molecule has 25 heavy (non-hydrogen) atoms. The molecule has 6 heteroatoms. The molecule has 2 aromatic rings. The summed E-state index contributed by atoms with van der Waals surface area (Å²) in [7, 11) is 1.47. The Morgan fingerprint density at radius 1 is 1.08 bits per heavy atom. The first kappa shape index (κ1) is 18.8. The van der Waals surface area contributed by atoms with Gasteiger partial charge in [0, 0.05) is 10.7 Å². The molecule has 0 saturated heterocycles. The molecular formula is C19H21ClN2O3. The molecule has 1 atom stereocenters. The third-order valence-electron chi connectivity index (χ3n) is 3.97. The minimum atomic E-state index is -0.792. The Hall–Kier alpha value is -2.53. The molecule has 132 valence electrons. The molecule has 0 aromatic heterocycles. The van der Waals surface area contributed by atoms with Crippen molar-refractivity contribution in [3.63, 3.8) is 0 Å². The first-order valence-corrected chi connectivity index (χ1v) is 8.38. The van der Waals surface area contributed by atoms with Crippen molar-refractivity contribution >= 4 is 34.8 Å². The number of rotatable bonds is 5. The maximum atomic E-state index is 12.3. The molecule has 0 radical (unpaired) electrons. The number of ether oxygens (including phenoxy) is 1. The van der Waals surface area contributed by atoms with Gasteiger partial charge in [0.2, 0.25) is 0 Å². The highest BCUT2D eigenvalue weighted by atomic mass is 35.5. The Kier molecular flexibility index (Phi) is 6.42. The zero-order valence-corrected chi connectivity index (χ0v) is 15.2. The molecule has 2 rings (SSSR count). The molecule has 0 aliphatic heterocycles. The van der Waals surface area contributed by atoms with E-state index in [9.17, 15) is 9.59 Å². The number of nitrogens with one attached hydrogen (secondary N) is 2. The van der Waals surface area contributed by atoms with Crippen molar-refractivity contribution in [2.75, 3.05) is 17.7 Å². The Labute approximate surface area is 152 Å². The summed E-state index contributed by atoms with van der Waals surface area (Å²) in [6.07, 6.45) is 0.929. The minimum Gasteiger partial charge on any atom is -0.495 e. The van der Waals surface area contributed by atoms with E-state index in [1.165, 1.54) is 13.2 Å². The number of anilines is 2. The van der Waals surface area contributed by atoms with Crippen molar-refractivity contribution in [2.24, 2.45) is 0 Å². The number of para-hydroxylation sites is 1. The van der Waals surface area contributed by atoms with Gasteiger partial charge in [0.1, 0.15) is 5.75 Å². The van der Waals surface area contributed by atoms with E-state index >= 15 is 0 Å². The highest BCUT2D eigenvalue weighted by Crippen LogP contribution is 2.28. The van der Waals surface area contributed by atoms with Gasteiger partial charge in [0.25, 0.3) is 0 Å². The molecule has 2 aromatic carbocycles. The summed E-state index contributed by atoms with van der Waals surface area (Å²) in [4.78, 5) is 24.5. The second-order valence-electron chi connectivity index (χ2n) is 5.65. The minimum absolute atomic E-state index is 0.271. The third kappa shape index (κ3) is 4.73. The van der Waals surface area contributed by atoms with Crippen LogP contribution in [0.25, 0.3) is 0 Å². The monoisotopic (exact) mass is 360 g/mol. The van der Waals surface area contributed by atoms with Crippen LogP contribution in [-0.2, 0) is 9.59 Å². The van der Waals surface area contributed by atoms with Crippen LogP contribution in [0.2, 0.25) is 5.02 Å². The fraction of sp³-hybridized carbons (Fsp3) is 0.263. The zero-order valence-electron chi connectivity index (χ0n) is 14.4. The van der Waals surface area contributed by atoms with Crippen LogP contribution in [0.3, 0.4) is 0 Å². The molecule has 2 amide bonds. The van der Waals surface area contributed by atoms with Crippen LogP contribution in [0.4, 0.5) is 11.4 Å². The Bertz CT molecular complexity index is 777. The van der Waals surface area contributed by atoms with Gasteiger partial charge in [-0.05, 0) is 42.2 Å². The lowest BCUT2D eigenvalue weighted by Crippen LogP contribution is -2.29. The van der Waals surface area contributed by atoms with Gasteiger partial charge in [-0.25, -0.2) is 0 Å². The highest BCUT2D eigenvalue weighted by molar-refractivity contribution is 6.44. The molecule has 0 aliphatic carbocycles. The van der Waals surface area contributed by atoms with Crippen molar-refractivity contribution in [3.8, 4) is 5.75 Å². The topological polar surface area (TPSA) is 67.4 Å². The quantitative estimate of drug-likeness (QED) is 0.774. The van der Waals surface area contributed by atoms with E-state index in [1.54, 1.807) is 18.2 Å². The van der Waals surface area contributed by atoms with Crippen molar-refractivity contribution < 1.29 is 14.3 Å². The Balaban J connectivity index is 2.14. The Morgan fingerprint density at radius 3 is 2.36 bits per heavy atom. The van der Waals surface area contributed by atoms with Gasteiger partial charge in [-0.3, -0.25) is 9.59 Å². The molecule has 5 nitrogen and oxygen atoms in total. The van der Waals surface area contributed by atoms with Crippen LogP contribution in [0.15, 0.2) is 42.5 Å². The number of halogens is 1. The number of benzene rings is 2. The lowest BCUT2D eigenvalue weighted by atomic mass is 9.97. The summed E-state index contributed by atoms with van der Waals surface area (Å²) < 4.78 is 5.16. The van der Waals surface area contributed by atoms with Gasteiger partial charge in [-0.15, -0.1) is 0 Å². The van der Waals surface area contributed by atoms with E-state index in [4.69, 9.17) is 16.3 Å². The highest BCUT2D eigenvalue weighted by Gasteiger charge is 2.18. The first-order chi connectivity index (χ1) is 12.0. The molecule has 0 fully saturated rings. The van der Waals surface area contributed by atoms with Crippen LogP contribution in [-0.4, -0.2) is 18.9 Å². The van der Waals surface area contributed by atoms with Crippen LogP contribution in [0, 0.1) is 0 Å². The summed E-state index contributed by atoms with van der Waals surface area (Å²) in [5.74, 6) is -0.851. The van der Waals surface area contributed by atoms with Crippen molar-refractivity contribution in [2.45, 2.75) is 26.2 Å². The normalized spacial score (nSPS) is 11.5. The maximum Gasteiger partial charge on any atom is 0.314 e. The second-order valence-corrected chi connectivity index (χ2v) is 6.09. The average Bonchev–Trinajstić information content (AvgIpc) is 2.61. The zero-order chi connectivity index (χ0) is 18.4. The first-order valence-electron chi connectivity index (χ1n) is 8.01. The summed E-state index contributed by atoms with van der Waals surface area (Å²) in [6, 6.07) is 12.2. The smallest absolute Gasteiger partial charge is 0.314 e. The number of carbonyl (C=O) groups excluding carboxylic acids is 2. The molecule has 0 heterocycles. The van der Waals surface area contributed by atoms with E-state index in [1.807, 2.05) is 18.2 Å². The van der Waals surface area contributed by atoms with Gasteiger partial charge >= 0.3 is 11.8 Å². The molecular weight excluding hydrogens is 340 g/mol. The average molecular weight is 361 g/mol. The van der Waals surface area contributed by atoms with E-state index in [0.29, 0.717) is 22.1 Å². The lowest BCUT2D eigenvalue weighted by molar-refractivity contribution is -0.133. The number of methoxy groups -OCH3 is 1. The summed E-state index contributed by atoms with van der Waals surface area (Å²) >= 11 is 5.93. The van der Waals surface area contributed by atoms with E-state index in [0.717, 1.165) is 12.0 Å². The van der Waals surface area contributed by atoms with Crippen LogP contribution in [0.1, 0.15) is 31.7 Å². The largest absolute Gasteiger partial charge is 0.495 e. The third-order valence-corrected chi connectivity index (χ3v) is 4.20. The van der Waals surface area contributed by atoms with E-state index < -0.39 is 11.8 Å². The molecule has 0 saturated carbocycles. The Morgan fingerprint density at radius 2 is 1.72 bits per heavy atom. The van der Waals surface area contributed by atoms with Gasteiger partial charge in [-0.2, -0.15) is 0 Å². The summed E-state index contributed by atoms with van der Waals surface area (Å²) in [5.41, 5.74) is 1.96. The molecule has 0 spiro atoms. The number of hydrogen-bond donors (Lipinski definition) is 2.